The lowest BCUT2D eigenvalue weighted by atomic mass is 10.1. The lowest BCUT2D eigenvalue weighted by molar-refractivity contribution is 0.292. The number of nitrogens with zero attached hydrogens (tertiary/aromatic N) is 1. The smallest absolute Gasteiger partial charge is 0.244 e. The molecule has 9 heteroatoms. The summed E-state index contributed by atoms with van der Waals surface area (Å²) >= 11 is 6.15. The molecule has 2 rings (SSSR count). The van der Waals surface area contributed by atoms with Crippen LogP contribution in [0.25, 0.3) is 0 Å². The monoisotopic (exact) mass is 384 g/mol. The van der Waals surface area contributed by atoms with E-state index in [1.165, 1.54) is 30.7 Å². The fourth-order valence-corrected chi connectivity index (χ4v) is 4.60. The van der Waals surface area contributed by atoms with Crippen LogP contribution in [-0.4, -0.2) is 53.1 Å². The zero-order valence-electron chi connectivity index (χ0n) is 13.3. The van der Waals surface area contributed by atoms with Gasteiger partial charge in [0.1, 0.15) is 4.90 Å². The van der Waals surface area contributed by atoms with Crippen LogP contribution in [0.1, 0.15) is 12.8 Å². The van der Waals surface area contributed by atoms with Crippen LogP contribution in [0.3, 0.4) is 0 Å². The van der Waals surface area contributed by atoms with Crippen molar-refractivity contribution in [2.24, 2.45) is 0 Å². The summed E-state index contributed by atoms with van der Waals surface area (Å²) in [6.45, 7) is 0.925. The molecule has 0 radical (unpaired) electrons. The van der Waals surface area contributed by atoms with Crippen molar-refractivity contribution in [3.05, 3.63) is 17.2 Å². The van der Waals surface area contributed by atoms with E-state index in [-0.39, 0.29) is 28.4 Å². The highest BCUT2D eigenvalue weighted by atomic mass is 35.5. The molecule has 1 saturated heterocycles. The van der Waals surface area contributed by atoms with E-state index in [9.17, 15) is 8.42 Å². The molecule has 0 bridgehead atoms. The lowest BCUT2D eigenvalue weighted by Crippen LogP contribution is -2.46. The average Bonchev–Trinajstić information content (AvgIpc) is 2.54. The summed E-state index contributed by atoms with van der Waals surface area (Å²) in [5.74, 6) is 0.742. The van der Waals surface area contributed by atoms with Crippen molar-refractivity contribution >= 4 is 34.0 Å². The van der Waals surface area contributed by atoms with Crippen LogP contribution in [0.5, 0.6) is 11.5 Å². The molecule has 1 heterocycles. The number of halogens is 2. The van der Waals surface area contributed by atoms with Gasteiger partial charge in [-0.3, -0.25) is 0 Å². The minimum atomic E-state index is -3.67. The second-order valence-electron chi connectivity index (χ2n) is 5.13. The Bertz CT molecular complexity index is 640. The third-order valence-corrected chi connectivity index (χ3v) is 6.18. The van der Waals surface area contributed by atoms with Crippen LogP contribution < -0.4 is 14.8 Å². The maximum absolute atomic E-state index is 12.9. The molecule has 1 fully saturated rings. The molecule has 1 aliphatic heterocycles. The Hall–Kier alpha value is -0.730. The fourth-order valence-electron chi connectivity index (χ4n) is 2.57. The van der Waals surface area contributed by atoms with Crippen LogP contribution >= 0.6 is 24.0 Å². The molecule has 1 atom stereocenters. The number of piperidine rings is 1. The van der Waals surface area contributed by atoms with E-state index in [0.717, 1.165) is 12.8 Å². The van der Waals surface area contributed by atoms with E-state index in [1.54, 1.807) is 0 Å². The van der Waals surface area contributed by atoms with E-state index in [4.69, 9.17) is 21.1 Å². The van der Waals surface area contributed by atoms with Gasteiger partial charge in [-0.25, -0.2) is 8.42 Å². The molecule has 132 valence electrons. The number of benzene rings is 1. The topological polar surface area (TPSA) is 67.9 Å². The highest BCUT2D eigenvalue weighted by Crippen LogP contribution is 2.37. The SMILES string of the molecule is CNC1CCCN(S(=O)(=O)c2cc(OC)c(OC)cc2Cl)C1.Cl. The Kier molecular flexibility index (Phi) is 7.41. The van der Waals surface area contributed by atoms with Gasteiger partial charge in [-0.2, -0.15) is 4.31 Å². The van der Waals surface area contributed by atoms with Gasteiger partial charge in [-0.05, 0) is 19.9 Å². The van der Waals surface area contributed by atoms with Gasteiger partial charge in [-0.15, -0.1) is 12.4 Å². The number of methoxy groups -OCH3 is 2. The van der Waals surface area contributed by atoms with Crippen molar-refractivity contribution in [1.29, 1.82) is 0 Å². The Morgan fingerprint density at radius 2 is 1.87 bits per heavy atom. The number of hydrogen-bond acceptors (Lipinski definition) is 5. The lowest BCUT2D eigenvalue weighted by Gasteiger charge is -2.32. The molecule has 0 spiro atoms. The predicted molar refractivity (Wildman–Crippen MR) is 92.6 cm³/mol. The number of nitrogens with one attached hydrogen (secondary N) is 1. The van der Waals surface area contributed by atoms with E-state index >= 15 is 0 Å². The number of likely N-dealkylation sites (N-methyl/N-ethyl adjacent to an activating group) is 1. The fraction of sp³-hybridized carbons (Fsp3) is 0.571. The minimum absolute atomic E-state index is 0. The van der Waals surface area contributed by atoms with Gasteiger partial charge in [-0.1, -0.05) is 11.6 Å². The standard InChI is InChI=1S/C14H21ClN2O4S.ClH/c1-16-10-5-4-6-17(9-10)22(18,19)14-8-13(21-3)12(20-2)7-11(14)15;/h7-8,10,16H,4-6,9H2,1-3H3;1H. The third-order valence-electron chi connectivity index (χ3n) is 3.85. The summed E-state index contributed by atoms with van der Waals surface area (Å²) < 4.78 is 37.5. The van der Waals surface area contributed by atoms with Crippen molar-refractivity contribution in [1.82, 2.24) is 9.62 Å². The van der Waals surface area contributed by atoms with Gasteiger partial charge >= 0.3 is 0 Å². The molecule has 0 aromatic heterocycles. The van der Waals surface area contributed by atoms with E-state index < -0.39 is 10.0 Å². The van der Waals surface area contributed by atoms with E-state index in [2.05, 4.69) is 5.32 Å². The molecule has 1 aliphatic rings. The minimum Gasteiger partial charge on any atom is -0.493 e. The molecule has 23 heavy (non-hydrogen) atoms. The van der Waals surface area contributed by atoms with Crippen LogP contribution in [-0.2, 0) is 10.0 Å². The molecule has 1 aromatic carbocycles. The van der Waals surface area contributed by atoms with Crippen LogP contribution in [0.15, 0.2) is 17.0 Å². The zero-order chi connectivity index (χ0) is 16.3. The highest BCUT2D eigenvalue weighted by Gasteiger charge is 2.32. The quantitative estimate of drug-likeness (QED) is 0.841. The Balaban J connectivity index is 0.00000264. The maximum atomic E-state index is 12.9. The first-order chi connectivity index (χ1) is 10.4. The van der Waals surface area contributed by atoms with Crippen LogP contribution in [0, 0.1) is 0 Å². The molecule has 1 unspecified atom stereocenters. The largest absolute Gasteiger partial charge is 0.493 e. The van der Waals surface area contributed by atoms with Gasteiger partial charge in [0.05, 0.1) is 19.2 Å². The number of ether oxygens (including phenoxy) is 2. The molecular weight excluding hydrogens is 363 g/mol. The second kappa shape index (κ2) is 8.39. The molecule has 0 aliphatic carbocycles. The Morgan fingerprint density at radius 1 is 1.26 bits per heavy atom. The Morgan fingerprint density at radius 3 is 2.43 bits per heavy atom. The summed E-state index contributed by atoms with van der Waals surface area (Å²) in [4.78, 5) is 0.0450. The van der Waals surface area contributed by atoms with Gasteiger partial charge in [0.25, 0.3) is 0 Å². The summed E-state index contributed by atoms with van der Waals surface area (Å²) in [5.41, 5.74) is 0. The van der Waals surface area contributed by atoms with Crippen LogP contribution in [0.4, 0.5) is 0 Å². The van der Waals surface area contributed by atoms with E-state index in [1.807, 2.05) is 7.05 Å². The van der Waals surface area contributed by atoms with Gasteiger partial charge in [0.15, 0.2) is 11.5 Å². The summed E-state index contributed by atoms with van der Waals surface area (Å²) in [5, 5.41) is 3.26. The number of rotatable bonds is 5. The normalized spacial score (nSPS) is 19.0. The first-order valence-corrected chi connectivity index (χ1v) is 8.84. The first-order valence-electron chi connectivity index (χ1n) is 7.03. The maximum Gasteiger partial charge on any atom is 0.244 e. The summed E-state index contributed by atoms with van der Waals surface area (Å²) in [6, 6.07) is 3.04. The highest BCUT2D eigenvalue weighted by molar-refractivity contribution is 7.89. The van der Waals surface area contributed by atoms with Crippen molar-refractivity contribution in [2.75, 3.05) is 34.4 Å². The Labute approximate surface area is 148 Å². The first kappa shape index (κ1) is 20.3. The van der Waals surface area contributed by atoms with Gasteiger partial charge in [0, 0.05) is 31.3 Å². The van der Waals surface area contributed by atoms with Crippen molar-refractivity contribution in [3.8, 4) is 11.5 Å². The average molecular weight is 385 g/mol. The van der Waals surface area contributed by atoms with Gasteiger partial charge in [0.2, 0.25) is 10.0 Å². The zero-order valence-corrected chi connectivity index (χ0v) is 15.7. The summed E-state index contributed by atoms with van der Waals surface area (Å²) in [6.07, 6.45) is 1.78. The van der Waals surface area contributed by atoms with E-state index in [0.29, 0.717) is 24.6 Å². The number of sulfonamides is 1. The molecular formula is C14H22Cl2N2O4S. The number of hydrogen-bond donors (Lipinski definition) is 1. The summed E-state index contributed by atoms with van der Waals surface area (Å²) in [7, 11) is 1.11. The molecule has 0 amide bonds. The third kappa shape index (κ3) is 4.22. The molecule has 1 aromatic rings. The van der Waals surface area contributed by atoms with Crippen molar-refractivity contribution in [3.63, 3.8) is 0 Å². The van der Waals surface area contributed by atoms with Crippen LogP contribution in [0.2, 0.25) is 5.02 Å². The molecule has 6 nitrogen and oxygen atoms in total. The van der Waals surface area contributed by atoms with Crippen molar-refractivity contribution < 1.29 is 17.9 Å². The predicted octanol–water partition coefficient (Wildman–Crippen LogP) is 2.15. The molecule has 0 saturated carbocycles. The van der Waals surface area contributed by atoms with Crippen molar-refractivity contribution in [2.45, 2.75) is 23.8 Å². The molecule has 1 N–H and O–H groups in total. The second-order valence-corrected chi connectivity index (χ2v) is 7.44. The van der Waals surface area contributed by atoms with Gasteiger partial charge < -0.3 is 14.8 Å².